The van der Waals surface area contributed by atoms with E-state index in [0.29, 0.717) is 12.0 Å². The Balaban J connectivity index is 3.49. The van der Waals surface area contributed by atoms with Crippen LogP contribution in [0.5, 0.6) is 0 Å². The van der Waals surface area contributed by atoms with Crippen molar-refractivity contribution >= 4 is 65.2 Å². The summed E-state index contributed by atoms with van der Waals surface area (Å²) in [5, 5.41) is 60.3. The second kappa shape index (κ2) is 25.7. The summed E-state index contributed by atoms with van der Waals surface area (Å²) in [5.74, 6) is -14.4. The predicted octanol–water partition coefficient (Wildman–Crippen LogP) is -3.94. The molecule has 0 saturated carbocycles. The number of hydrogen-bond acceptors (Lipinski definition) is 13. The van der Waals surface area contributed by atoms with Gasteiger partial charge in [-0.25, -0.2) is 4.79 Å². The molecule has 24 nitrogen and oxygen atoms in total. The molecule has 0 aliphatic heterocycles. The van der Waals surface area contributed by atoms with Crippen LogP contribution in [0.4, 0.5) is 0 Å². The van der Waals surface area contributed by atoms with Crippen LogP contribution >= 0.6 is 0 Å². The predicted molar refractivity (Wildman–Crippen MR) is 208 cm³/mol. The third kappa shape index (κ3) is 19.3. The molecule has 1 rings (SSSR count). The number of carboxylic acid groups (broad SMARTS) is 4. The molecular formula is C37H54N8O16. The Kier molecular flexibility index (Phi) is 22.1. The lowest BCUT2D eigenvalue weighted by atomic mass is 9.97. The first-order valence-corrected chi connectivity index (χ1v) is 18.9. The number of carbonyl (C=O) groups excluding carboxylic acids is 7. The first kappa shape index (κ1) is 52.3. The van der Waals surface area contributed by atoms with Crippen molar-refractivity contribution in [3.8, 4) is 0 Å². The maximum Gasteiger partial charge on any atom is 0.326 e. The first-order valence-electron chi connectivity index (χ1n) is 18.9. The van der Waals surface area contributed by atoms with Gasteiger partial charge in [-0.05, 0) is 31.2 Å². The largest absolute Gasteiger partial charge is 0.481 e. The van der Waals surface area contributed by atoms with Crippen LogP contribution in [0.25, 0.3) is 0 Å². The average molecular weight is 867 g/mol. The standard InChI is InChI=1S/C37H54N8O16/c1-4-17(2)29(44-31(54)20(38)10-12-26(48)49)35(58)42-23(15-25(39)47)34(57)41-22(14-19-8-6-5-7-9-19)33(56)40-21(11-13-27(50)51)32(55)45-30(18(3)46)36(59)43-24(37(60)61)16-28(52)53/h5-9,17-18,20-24,29-30,46H,4,10-16,38H2,1-3H3,(H2,39,47)(H,40,56)(H,41,57)(H,42,58)(H,43,59)(H,44,54)(H,45,55)(H,48,49)(H,50,51)(H,52,53)(H,60,61)/t17-,18+,20-,21-,22-,23-,24-,29-,30-/m0/s1. The van der Waals surface area contributed by atoms with Crippen molar-refractivity contribution in [3.05, 3.63) is 35.9 Å². The summed E-state index contributed by atoms with van der Waals surface area (Å²) in [5.41, 5.74) is 11.6. The second-order valence-electron chi connectivity index (χ2n) is 14.1. The summed E-state index contributed by atoms with van der Waals surface area (Å²) in [4.78, 5) is 138. The van der Waals surface area contributed by atoms with E-state index in [1.54, 1.807) is 44.2 Å². The van der Waals surface area contributed by atoms with Crippen LogP contribution in [0, 0.1) is 5.92 Å². The molecule has 0 bridgehead atoms. The van der Waals surface area contributed by atoms with Crippen molar-refractivity contribution in [1.82, 2.24) is 31.9 Å². The van der Waals surface area contributed by atoms with Gasteiger partial charge >= 0.3 is 23.9 Å². The lowest BCUT2D eigenvalue weighted by Gasteiger charge is -2.29. The quantitative estimate of drug-likeness (QED) is 0.0382. The molecule has 0 aromatic heterocycles. The molecule has 0 aliphatic carbocycles. The highest BCUT2D eigenvalue weighted by Gasteiger charge is 2.36. The maximum absolute atomic E-state index is 13.9. The highest BCUT2D eigenvalue weighted by atomic mass is 16.4. The van der Waals surface area contributed by atoms with Gasteiger partial charge in [0.25, 0.3) is 0 Å². The van der Waals surface area contributed by atoms with E-state index in [4.69, 9.17) is 21.7 Å². The van der Waals surface area contributed by atoms with Crippen molar-refractivity contribution < 1.29 is 78.3 Å². The lowest BCUT2D eigenvalue weighted by molar-refractivity contribution is -0.148. The molecule has 61 heavy (non-hydrogen) atoms. The van der Waals surface area contributed by atoms with E-state index in [2.05, 4.69) is 26.6 Å². The molecule has 0 heterocycles. The molecule has 0 spiro atoms. The Hall–Kier alpha value is -6.69. The number of nitrogens with one attached hydrogen (secondary N) is 6. The highest BCUT2D eigenvalue weighted by Crippen LogP contribution is 2.12. The molecule has 1 aromatic carbocycles. The molecule has 0 saturated heterocycles. The number of aliphatic hydroxyl groups excluding tert-OH is 1. The van der Waals surface area contributed by atoms with Crippen LogP contribution in [0.2, 0.25) is 0 Å². The van der Waals surface area contributed by atoms with Gasteiger partial charge in [-0.3, -0.25) is 47.9 Å². The van der Waals surface area contributed by atoms with Gasteiger partial charge in [-0.15, -0.1) is 0 Å². The summed E-state index contributed by atoms with van der Waals surface area (Å²) in [7, 11) is 0. The molecule has 24 heteroatoms. The van der Waals surface area contributed by atoms with Crippen molar-refractivity contribution in [2.75, 3.05) is 0 Å². The number of benzene rings is 1. The second-order valence-corrected chi connectivity index (χ2v) is 14.1. The summed E-state index contributed by atoms with van der Waals surface area (Å²) in [6.07, 6.45) is -5.72. The monoisotopic (exact) mass is 866 g/mol. The minimum atomic E-state index is -1.98. The molecule has 9 atom stereocenters. The Labute approximate surface area is 348 Å². The van der Waals surface area contributed by atoms with Crippen molar-refractivity contribution in [1.29, 1.82) is 0 Å². The van der Waals surface area contributed by atoms with Crippen molar-refractivity contribution in [3.63, 3.8) is 0 Å². The summed E-state index contributed by atoms with van der Waals surface area (Å²) in [6, 6.07) is -3.86. The summed E-state index contributed by atoms with van der Waals surface area (Å²) >= 11 is 0. The number of amides is 7. The topological polar surface area (TPSA) is 413 Å². The number of aliphatic hydroxyl groups is 1. The molecule has 0 radical (unpaired) electrons. The SMILES string of the molecule is CC[C@H](C)[C@H](NC(=O)[C@@H](N)CCC(=O)O)C(=O)N[C@@H](CC(N)=O)C(=O)N[C@@H](Cc1ccccc1)C(=O)N[C@@H](CCC(=O)O)C(=O)N[C@H](C(=O)N[C@@H](CC(=O)O)C(=O)O)[C@@H](C)O. The molecule has 0 fully saturated rings. The first-order chi connectivity index (χ1) is 28.5. The Morgan fingerprint density at radius 3 is 1.56 bits per heavy atom. The number of hydrogen-bond donors (Lipinski definition) is 13. The van der Waals surface area contributed by atoms with E-state index >= 15 is 0 Å². The van der Waals surface area contributed by atoms with Gasteiger partial charge in [0.05, 0.1) is 25.0 Å². The van der Waals surface area contributed by atoms with Crippen molar-refractivity contribution in [2.24, 2.45) is 17.4 Å². The summed E-state index contributed by atoms with van der Waals surface area (Å²) in [6.45, 7) is 4.28. The van der Waals surface area contributed by atoms with Gasteiger partial charge in [0, 0.05) is 19.3 Å². The maximum atomic E-state index is 13.9. The fourth-order valence-corrected chi connectivity index (χ4v) is 5.48. The fourth-order valence-electron chi connectivity index (χ4n) is 5.48. The van der Waals surface area contributed by atoms with Gasteiger partial charge in [0.2, 0.25) is 41.4 Å². The molecule has 15 N–H and O–H groups in total. The van der Waals surface area contributed by atoms with Crippen LogP contribution in [0.15, 0.2) is 30.3 Å². The molecule has 1 aromatic rings. The van der Waals surface area contributed by atoms with Crippen LogP contribution in [-0.4, -0.2) is 139 Å². The lowest BCUT2D eigenvalue weighted by Crippen LogP contribution is -2.61. The fraction of sp³-hybridized carbons (Fsp3) is 0.541. The third-order valence-electron chi connectivity index (χ3n) is 9.09. The molecule has 0 unspecified atom stereocenters. The number of aliphatic carboxylic acids is 4. The minimum Gasteiger partial charge on any atom is -0.481 e. The van der Waals surface area contributed by atoms with E-state index in [1.807, 2.05) is 5.32 Å². The van der Waals surface area contributed by atoms with Crippen LogP contribution in [-0.2, 0) is 59.2 Å². The zero-order valence-electron chi connectivity index (χ0n) is 33.6. The Morgan fingerprint density at radius 2 is 1.05 bits per heavy atom. The van der Waals surface area contributed by atoms with E-state index in [1.165, 1.54) is 0 Å². The van der Waals surface area contributed by atoms with Crippen LogP contribution in [0.1, 0.15) is 71.3 Å². The molecular weight excluding hydrogens is 812 g/mol. The Bertz CT molecular complexity index is 1760. The van der Waals surface area contributed by atoms with E-state index in [0.717, 1.165) is 6.92 Å². The normalized spacial score (nSPS) is 15.3. The van der Waals surface area contributed by atoms with E-state index < -0.39 is 152 Å². The van der Waals surface area contributed by atoms with Gasteiger partial charge in [0.15, 0.2) is 0 Å². The zero-order chi connectivity index (χ0) is 46.6. The van der Waals surface area contributed by atoms with Gasteiger partial charge in [0.1, 0.15) is 36.3 Å². The molecule has 0 aliphatic rings. The number of carboxylic acids is 4. The number of primary amides is 1. The number of rotatable bonds is 28. The Morgan fingerprint density at radius 1 is 0.574 bits per heavy atom. The number of carbonyl (C=O) groups is 11. The third-order valence-corrected chi connectivity index (χ3v) is 9.09. The van der Waals surface area contributed by atoms with Crippen molar-refractivity contribution in [2.45, 2.75) is 121 Å². The van der Waals surface area contributed by atoms with Gasteiger partial charge in [-0.1, -0.05) is 50.6 Å². The highest BCUT2D eigenvalue weighted by molar-refractivity contribution is 5.98. The average Bonchev–Trinajstić information content (AvgIpc) is 3.17. The molecule has 7 amide bonds. The van der Waals surface area contributed by atoms with Crippen LogP contribution in [0.3, 0.4) is 0 Å². The zero-order valence-corrected chi connectivity index (χ0v) is 33.6. The van der Waals surface area contributed by atoms with E-state index in [-0.39, 0.29) is 12.8 Å². The molecule has 338 valence electrons. The minimum absolute atomic E-state index is 0.259. The smallest absolute Gasteiger partial charge is 0.326 e. The number of nitrogens with two attached hydrogens (primary N) is 2. The van der Waals surface area contributed by atoms with Crippen LogP contribution < -0.4 is 43.4 Å². The van der Waals surface area contributed by atoms with Gasteiger partial charge in [-0.2, -0.15) is 0 Å². The van der Waals surface area contributed by atoms with Gasteiger partial charge < -0.3 is 68.9 Å². The summed E-state index contributed by atoms with van der Waals surface area (Å²) < 4.78 is 0. The van der Waals surface area contributed by atoms with E-state index in [9.17, 15) is 68.1 Å².